The van der Waals surface area contributed by atoms with E-state index in [2.05, 4.69) is 0 Å². The van der Waals surface area contributed by atoms with Crippen LogP contribution < -0.4 is 10.6 Å². The van der Waals surface area contributed by atoms with Crippen LogP contribution in [0.2, 0.25) is 0 Å². The standard InChI is InChI=1S/C14H17F3N2O/c15-14(16,17)10-8-9(18)4-5-11(10)19-6-7-20-13-3-1-2-12(13)19/h4-5,8,12-13H,1-3,6-7,18H2. The minimum absolute atomic E-state index is 0.0495. The van der Waals surface area contributed by atoms with E-state index in [-0.39, 0.29) is 23.5 Å². The number of morpholine rings is 1. The summed E-state index contributed by atoms with van der Waals surface area (Å²) < 4.78 is 45.3. The van der Waals surface area contributed by atoms with E-state index in [9.17, 15) is 13.2 Å². The third-order valence-corrected chi connectivity index (χ3v) is 4.12. The van der Waals surface area contributed by atoms with E-state index in [0.717, 1.165) is 25.3 Å². The molecule has 1 aromatic rings. The first-order valence-electron chi connectivity index (χ1n) is 6.82. The number of hydrogen-bond donors (Lipinski definition) is 1. The van der Waals surface area contributed by atoms with Crippen LogP contribution in [0.5, 0.6) is 0 Å². The van der Waals surface area contributed by atoms with Crippen LogP contribution in [-0.2, 0) is 10.9 Å². The Bertz CT molecular complexity index is 504. The first-order valence-corrected chi connectivity index (χ1v) is 6.82. The summed E-state index contributed by atoms with van der Waals surface area (Å²) >= 11 is 0. The minimum Gasteiger partial charge on any atom is -0.399 e. The lowest BCUT2D eigenvalue weighted by Crippen LogP contribution is -2.49. The van der Waals surface area contributed by atoms with Gasteiger partial charge >= 0.3 is 6.18 Å². The normalized spacial score (nSPS) is 26.6. The highest BCUT2D eigenvalue weighted by Crippen LogP contribution is 2.41. The molecule has 0 bridgehead atoms. The largest absolute Gasteiger partial charge is 0.418 e. The molecular formula is C14H17F3N2O. The van der Waals surface area contributed by atoms with Gasteiger partial charge in [-0.25, -0.2) is 0 Å². The zero-order valence-electron chi connectivity index (χ0n) is 11.0. The Labute approximate surface area is 115 Å². The van der Waals surface area contributed by atoms with Gasteiger partial charge in [-0.15, -0.1) is 0 Å². The molecule has 0 aromatic heterocycles. The third kappa shape index (κ3) is 2.32. The molecule has 3 rings (SSSR count). The molecule has 2 atom stereocenters. The number of ether oxygens (including phenoxy) is 1. The van der Waals surface area contributed by atoms with Gasteiger partial charge < -0.3 is 15.4 Å². The molecule has 2 aliphatic rings. The van der Waals surface area contributed by atoms with Crippen LogP contribution in [0.1, 0.15) is 24.8 Å². The van der Waals surface area contributed by atoms with Crippen molar-refractivity contribution in [3.05, 3.63) is 23.8 Å². The fourth-order valence-corrected chi connectivity index (χ4v) is 3.26. The van der Waals surface area contributed by atoms with Crippen molar-refractivity contribution in [3.63, 3.8) is 0 Å². The van der Waals surface area contributed by atoms with E-state index in [0.29, 0.717) is 13.2 Å². The molecule has 6 heteroatoms. The molecule has 2 unspecified atom stereocenters. The van der Waals surface area contributed by atoms with Crippen molar-refractivity contribution in [2.24, 2.45) is 0 Å². The molecule has 0 spiro atoms. The number of benzene rings is 1. The van der Waals surface area contributed by atoms with Crippen LogP contribution in [0.3, 0.4) is 0 Å². The molecule has 2 fully saturated rings. The average molecular weight is 286 g/mol. The fourth-order valence-electron chi connectivity index (χ4n) is 3.26. The predicted molar refractivity (Wildman–Crippen MR) is 70.6 cm³/mol. The number of alkyl halides is 3. The number of anilines is 2. The lowest BCUT2D eigenvalue weighted by molar-refractivity contribution is -0.137. The number of rotatable bonds is 1. The van der Waals surface area contributed by atoms with Gasteiger partial charge in [0.2, 0.25) is 0 Å². The minimum atomic E-state index is -4.39. The van der Waals surface area contributed by atoms with Crippen molar-refractivity contribution < 1.29 is 17.9 Å². The molecule has 20 heavy (non-hydrogen) atoms. The van der Waals surface area contributed by atoms with Gasteiger partial charge in [-0.1, -0.05) is 0 Å². The number of nitrogens with two attached hydrogens (primary N) is 1. The number of halogens is 3. The summed E-state index contributed by atoms with van der Waals surface area (Å²) in [5.41, 5.74) is 5.23. The first-order chi connectivity index (χ1) is 9.47. The molecule has 110 valence electrons. The summed E-state index contributed by atoms with van der Waals surface area (Å²) in [5.74, 6) is 0. The lowest BCUT2D eigenvalue weighted by atomic mass is 10.1. The first kappa shape index (κ1) is 13.5. The van der Waals surface area contributed by atoms with Gasteiger partial charge in [0.15, 0.2) is 0 Å². The summed E-state index contributed by atoms with van der Waals surface area (Å²) in [4.78, 5) is 1.85. The van der Waals surface area contributed by atoms with Gasteiger partial charge in [-0.05, 0) is 37.5 Å². The van der Waals surface area contributed by atoms with E-state index in [1.165, 1.54) is 12.1 Å². The molecule has 1 aromatic carbocycles. The lowest BCUT2D eigenvalue weighted by Gasteiger charge is -2.40. The Morgan fingerprint density at radius 1 is 1.25 bits per heavy atom. The maximum Gasteiger partial charge on any atom is 0.418 e. The second-order valence-electron chi connectivity index (χ2n) is 5.38. The zero-order chi connectivity index (χ0) is 14.3. The quantitative estimate of drug-likeness (QED) is 0.806. The number of fused-ring (bicyclic) bond motifs is 1. The van der Waals surface area contributed by atoms with Crippen molar-refractivity contribution in [2.45, 2.75) is 37.6 Å². The SMILES string of the molecule is Nc1ccc(N2CCOC3CCCC32)c(C(F)(F)F)c1. The maximum absolute atomic E-state index is 13.2. The van der Waals surface area contributed by atoms with Crippen LogP contribution in [-0.4, -0.2) is 25.3 Å². The van der Waals surface area contributed by atoms with Crippen molar-refractivity contribution in [1.82, 2.24) is 0 Å². The monoisotopic (exact) mass is 286 g/mol. The highest BCUT2D eigenvalue weighted by molar-refractivity contribution is 5.62. The molecule has 0 amide bonds. The summed E-state index contributed by atoms with van der Waals surface area (Å²) in [6.07, 6.45) is -1.52. The van der Waals surface area contributed by atoms with Gasteiger partial charge in [0.25, 0.3) is 0 Å². The third-order valence-electron chi connectivity index (χ3n) is 4.12. The van der Waals surface area contributed by atoms with E-state index in [1.54, 1.807) is 0 Å². The van der Waals surface area contributed by atoms with Crippen LogP contribution >= 0.6 is 0 Å². The summed E-state index contributed by atoms with van der Waals surface area (Å²) in [7, 11) is 0. The molecule has 1 heterocycles. The van der Waals surface area contributed by atoms with Crippen molar-refractivity contribution >= 4 is 11.4 Å². The Morgan fingerprint density at radius 3 is 2.80 bits per heavy atom. The Kier molecular flexibility index (Phi) is 3.28. The van der Waals surface area contributed by atoms with Crippen LogP contribution in [0.4, 0.5) is 24.5 Å². The smallest absolute Gasteiger partial charge is 0.399 e. The van der Waals surface area contributed by atoms with Crippen LogP contribution in [0.25, 0.3) is 0 Å². The van der Waals surface area contributed by atoms with E-state index in [4.69, 9.17) is 10.5 Å². The second-order valence-corrected chi connectivity index (χ2v) is 5.38. The van der Waals surface area contributed by atoms with E-state index in [1.807, 2.05) is 4.90 Å². The Hall–Kier alpha value is -1.43. The van der Waals surface area contributed by atoms with Gasteiger partial charge in [0.05, 0.1) is 24.3 Å². The molecule has 1 aliphatic carbocycles. The molecule has 0 radical (unpaired) electrons. The van der Waals surface area contributed by atoms with Crippen molar-refractivity contribution in [1.29, 1.82) is 0 Å². The zero-order valence-corrected chi connectivity index (χ0v) is 11.0. The Morgan fingerprint density at radius 2 is 2.05 bits per heavy atom. The van der Waals surface area contributed by atoms with Crippen LogP contribution in [0, 0.1) is 0 Å². The molecule has 2 N–H and O–H groups in total. The number of nitrogen functional groups attached to an aromatic ring is 1. The average Bonchev–Trinajstić information content (AvgIpc) is 2.86. The van der Waals surface area contributed by atoms with Crippen molar-refractivity contribution in [2.75, 3.05) is 23.8 Å². The van der Waals surface area contributed by atoms with Gasteiger partial charge in [0.1, 0.15) is 0 Å². The van der Waals surface area contributed by atoms with Gasteiger partial charge in [-0.2, -0.15) is 13.2 Å². The topological polar surface area (TPSA) is 38.5 Å². The predicted octanol–water partition coefficient (Wildman–Crippen LogP) is 3.05. The summed E-state index contributed by atoms with van der Waals surface area (Å²) in [5, 5.41) is 0. The highest BCUT2D eigenvalue weighted by atomic mass is 19.4. The van der Waals surface area contributed by atoms with E-state index >= 15 is 0 Å². The van der Waals surface area contributed by atoms with E-state index < -0.39 is 11.7 Å². The molecule has 1 aliphatic heterocycles. The molecule has 1 saturated heterocycles. The van der Waals surface area contributed by atoms with Crippen molar-refractivity contribution in [3.8, 4) is 0 Å². The molecule has 3 nitrogen and oxygen atoms in total. The Balaban J connectivity index is 2.00. The summed E-state index contributed by atoms with van der Waals surface area (Å²) in [6, 6.07) is 4.09. The highest BCUT2D eigenvalue weighted by Gasteiger charge is 2.41. The van der Waals surface area contributed by atoms with Gasteiger partial charge in [-0.3, -0.25) is 0 Å². The fraction of sp³-hybridized carbons (Fsp3) is 0.571. The van der Waals surface area contributed by atoms with Crippen LogP contribution in [0.15, 0.2) is 18.2 Å². The number of hydrogen-bond acceptors (Lipinski definition) is 3. The molecule has 1 saturated carbocycles. The summed E-state index contributed by atoms with van der Waals surface area (Å²) in [6.45, 7) is 0.969. The maximum atomic E-state index is 13.2. The number of nitrogens with zero attached hydrogens (tertiary/aromatic N) is 1. The second kappa shape index (κ2) is 4.84. The molecular weight excluding hydrogens is 269 g/mol. The van der Waals surface area contributed by atoms with Gasteiger partial charge in [0, 0.05) is 17.9 Å².